The number of ether oxygens (including phenoxy) is 1. The summed E-state index contributed by atoms with van der Waals surface area (Å²) in [4.78, 5) is 15.7. The first kappa shape index (κ1) is 16.5. The zero-order valence-electron chi connectivity index (χ0n) is 11.5. The number of rotatable bonds is 4. The van der Waals surface area contributed by atoms with Crippen molar-refractivity contribution < 1.29 is 17.9 Å². The molecule has 0 fully saturated rings. The largest absolute Gasteiger partial charge is 0.433 e. The van der Waals surface area contributed by atoms with E-state index in [0.29, 0.717) is 5.52 Å². The maximum Gasteiger partial charge on any atom is 0.387 e. The number of halogens is 5. The summed E-state index contributed by atoms with van der Waals surface area (Å²) in [6, 6.07) is 2.28. The van der Waals surface area contributed by atoms with Crippen molar-refractivity contribution in [2.24, 2.45) is 0 Å². The molecule has 0 unspecified atom stereocenters. The molecule has 2 heterocycles. The van der Waals surface area contributed by atoms with Crippen molar-refractivity contribution in [1.82, 2.24) is 19.9 Å². The highest BCUT2D eigenvalue weighted by Crippen LogP contribution is 2.34. The normalized spacial score (nSPS) is 11.1. The molecule has 0 spiro atoms. The van der Waals surface area contributed by atoms with Crippen LogP contribution in [0.3, 0.4) is 0 Å². The molecule has 3 aromatic rings. The van der Waals surface area contributed by atoms with E-state index in [0.717, 1.165) is 6.07 Å². The molecule has 6 nitrogen and oxygen atoms in total. The molecule has 1 aromatic carbocycles. The fraction of sp³-hybridized carbons (Fsp3) is 0.0769. The average molecular weight is 376 g/mol. The Hall–Kier alpha value is -2.39. The molecule has 2 aromatic heterocycles. The summed E-state index contributed by atoms with van der Waals surface area (Å²) in [6.45, 7) is -3.12. The summed E-state index contributed by atoms with van der Waals surface area (Å²) in [6.07, 6.45) is 2.59. The zero-order valence-corrected chi connectivity index (χ0v) is 13.0. The lowest BCUT2D eigenvalue weighted by Crippen LogP contribution is -2.05. The molecule has 0 aliphatic carbocycles. The Morgan fingerprint density at radius 2 is 1.92 bits per heavy atom. The van der Waals surface area contributed by atoms with Crippen molar-refractivity contribution in [3.05, 3.63) is 40.8 Å². The van der Waals surface area contributed by atoms with Crippen LogP contribution >= 0.6 is 23.2 Å². The van der Waals surface area contributed by atoms with E-state index in [4.69, 9.17) is 23.2 Å². The van der Waals surface area contributed by atoms with Crippen LogP contribution in [0.5, 0.6) is 5.75 Å². The van der Waals surface area contributed by atoms with E-state index in [1.807, 2.05) is 0 Å². The predicted octanol–water partition coefficient (Wildman–Crippen LogP) is 4.21. The van der Waals surface area contributed by atoms with E-state index in [9.17, 15) is 13.2 Å². The summed E-state index contributed by atoms with van der Waals surface area (Å²) >= 11 is 11.4. The quantitative estimate of drug-likeness (QED) is 0.688. The van der Waals surface area contributed by atoms with Gasteiger partial charge in [0.05, 0.1) is 11.9 Å². The highest BCUT2D eigenvalue weighted by molar-refractivity contribution is 6.32. The second kappa shape index (κ2) is 6.62. The van der Waals surface area contributed by atoms with Gasteiger partial charge in [0, 0.05) is 0 Å². The Morgan fingerprint density at radius 3 is 2.67 bits per heavy atom. The number of nitrogens with one attached hydrogen (secondary N) is 1. The van der Waals surface area contributed by atoms with E-state index in [1.165, 1.54) is 18.6 Å². The molecule has 124 valence electrons. The van der Waals surface area contributed by atoms with Gasteiger partial charge in [-0.3, -0.25) is 0 Å². The second-order valence-corrected chi connectivity index (χ2v) is 5.05. The monoisotopic (exact) mass is 375 g/mol. The molecule has 0 saturated carbocycles. The number of fused-ring (bicyclic) bond motifs is 1. The molecular weight excluding hydrogens is 370 g/mol. The Kier molecular flexibility index (Phi) is 4.54. The topological polar surface area (TPSA) is 72.8 Å². The minimum absolute atomic E-state index is 0.0421. The van der Waals surface area contributed by atoms with Gasteiger partial charge in [-0.05, 0) is 23.7 Å². The van der Waals surface area contributed by atoms with Crippen molar-refractivity contribution in [3.63, 3.8) is 0 Å². The van der Waals surface area contributed by atoms with Crippen LogP contribution in [0, 0.1) is 5.82 Å². The molecule has 1 N–H and O–H groups in total. The van der Waals surface area contributed by atoms with Crippen LogP contribution in [0.1, 0.15) is 0 Å². The van der Waals surface area contributed by atoms with Crippen molar-refractivity contribution in [1.29, 1.82) is 0 Å². The van der Waals surface area contributed by atoms with Crippen LogP contribution in [0.15, 0.2) is 24.7 Å². The van der Waals surface area contributed by atoms with Crippen molar-refractivity contribution >= 4 is 45.7 Å². The summed E-state index contributed by atoms with van der Waals surface area (Å²) in [7, 11) is 0. The average Bonchev–Trinajstić information content (AvgIpc) is 2.54. The molecule has 24 heavy (non-hydrogen) atoms. The maximum atomic E-state index is 14.3. The molecule has 0 bridgehead atoms. The Morgan fingerprint density at radius 1 is 1.12 bits per heavy atom. The Bertz CT molecular complexity index is 912. The van der Waals surface area contributed by atoms with Crippen molar-refractivity contribution in [3.8, 4) is 5.75 Å². The molecule has 0 radical (unpaired) electrons. The van der Waals surface area contributed by atoms with Gasteiger partial charge >= 0.3 is 6.61 Å². The third-order valence-corrected chi connectivity index (χ3v) is 3.40. The van der Waals surface area contributed by atoms with E-state index >= 15 is 0 Å². The standard InChI is InChI=1S/C13H6Cl2F3N5O/c14-8-7(24-13(17)18)2-1-5(9(8)16)22-11-10-6(20-4-21-11)3-19-12(15)23-10/h1-4,13H,(H,20,21,22). The van der Waals surface area contributed by atoms with Gasteiger partial charge < -0.3 is 10.1 Å². The lowest BCUT2D eigenvalue weighted by Gasteiger charge is -2.12. The van der Waals surface area contributed by atoms with Crippen LogP contribution in [0.4, 0.5) is 24.7 Å². The van der Waals surface area contributed by atoms with Gasteiger partial charge in [-0.15, -0.1) is 0 Å². The highest BCUT2D eigenvalue weighted by atomic mass is 35.5. The number of hydrogen-bond acceptors (Lipinski definition) is 6. The number of anilines is 2. The van der Waals surface area contributed by atoms with Crippen LogP contribution in [-0.4, -0.2) is 26.5 Å². The second-order valence-electron chi connectivity index (χ2n) is 4.34. The lowest BCUT2D eigenvalue weighted by molar-refractivity contribution is -0.0499. The molecular formula is C13H6Cl2F3N5O. The summed E-state index contributed by atoms with van der Waals surface area (Å²) in [5.74, 6) is -1.32. The van der Waals surface area contributed by atoms with Crippen LogP contribution in [0.2, 0.25) is 10.3 Å². The number of hydrogen-bond donors (Lipinski definition) is 1. The van der Waals surface area contributed by atoms with Gasteiger partial charge in [-0.1, -0.05) is 11.6 Å². The number of nitrogens with zero attached hydrogens (tertiary/aromatic N) is 4. The van der Waals surface area contributed by atoms with Gasteiger partial charge in [0.1, 0.15) is 28.1 Å². The predicted molar refractivity (Wildman–Crippen MR) is 81.5 cm³/mol. The molecule has 0 amide bonds. The lowest BCUT2D eigenvalue weighted by atomic mass is 10.2. The first-order valence-corrected chi connectivity index (χ1v) is 7.04. The molecule has 0 aliphatic rings. The first-order chi connectivity index (χ1) is 11.5. The van der Waals surface area contributed by atoms with Crippen molar-refractivity contribution in [2.45, 2.75) is 6.61 Å². The van der Waals surface area contributed by atoms with Crippen LogP contribution in [0.25, 0.3) is 11.0 Å². The van der Waals surface area contributed by atoms with Crippen LogP contribution in [-0.2, 0) is 0 Å². The molecule has 3 rings (SSSR count). The van der Waals surface area contributed by atoms with Gasteiger partial charge in [0.25, 0.3) is 0 Å². The third-order valence-electron chi connectivity index (χ3n) is 2.86. The number of aromatic nitrogens is 4. The number of benzene rings is 1. The maximum absolute atomic E-state index is 14.3. The molecule has 0 aliphatic heterocycles. The third kappa shape index (κ3) is 3.26. The number of alkyl halides is 2. The van der Waals surface area contributed by atoms with E-state index in [1.54, 1.807) is 0 Å². The molecule has 0 saturated heterocycles. The SMILES string of the molecule is Fc1c(Nc2ncnc3cnc(Cl)nc23)ccc(OC(F)F)c1Cl. The highest BCUT2D eigenvalue weighted by Gasteiger charge is 2.17. The smallest absolute Gasteiger partial charge is 0.387 e. The van der Waals surface area contributed by atoms with Gasteiger partial charge in [-0.2, -0.15) is 8.78 Å². The van der Waals surface area contributed by atoms with E-state index in [2.05, 4.69) is 30.0 Å². The summed E-state index contributed by atoms with van der Waals surface area (Å²) in [5, 5.41) is 2.03. The van der Waals surface area contributed by atoms with Gasteiger partial charge in [-0.25, -0.2) is 24.3 Å². The van der Waals surface area contributed by atoms with Gasteiger partial charge in [0.15, 0.2) is 11.6 Å². The van der Waals surface area contributed by atoms with E-state index in [-0.39, 0.29) is 22.3 Å². The summed E-state index contributed by atoms with van der Waals surface area (Å²) in [5.41, 5.74) is 0.512. The molecule has 11 heteroatoms. The Labute approximate surface area is 142 Å². The van der Waals surface area contributed by atoms with E-state index < -0.39 is 23.2 Å². The fourth-order valence-corrected chi connectivity index (χ4v) is 2.21. The van der Waals surface area contributed by atoms with Crippen molar-refractivity contribution in [2.75, 3.05) is 5.32 Å². The zero-order chi connectivity index (χ0) is 17.3. The minimum atomic E-state index is -3.12. The Balaban J connectivity index is 2.00. The molecule has 0 atom stereocenters. The first-order valence-electron chi connectivity index (χ1n) is 6.29. The fourth-order valence-electron chi connectivity index (χ4n) is 1.87. The van der Waals surface area contributed by atoms with Gasteiger partial charge in [0.2, 0.25) is 5.28 Å². The minimum Gasteiger partial charge on any atom is -0.433 e. The van der Waals surface area contributed by atoms with Crippen LogP contribution < -0.4 is 10.1 Å². The summed E-state index contributed by atoms with van der Waals surface area (Å²) < 4.78 is 42.8.